The summed E-state index contributed by atoms with van der Waals surface area (Å²) < 4.78 is 11.9. The minimum atomic E-state index is -0.964. The molecule has 1 unspecified atom stereocenters. The Hall–Kier alpha value is -1.98. The zero-order valence-electron chi connectivity index (χ0n) is 31.0. The number of aldehydes is 1. The lowest BCUT2D eigenvalue weighted by Crippen LogP contribution is -2.65. The normalized spacial score (nSPS) is 40.4. The van der Waals surface area contributed by atoms with E-state index >= 15 is 0 Å². The Morgan fingerprint density at radius 2 is 1.52 bits per heavy atom. The molecule has 0 aromatic rings. The van der Waals surface area contributed by atoms with Crippen LogP contribution in [0.3, 0.4) is 0 Å². The van der Waals surface area contributed by atoms with Crippen LogP contribution >= 0.6 is 0 Å². The number of Topliss-reactive ketones (excluding diaryl/α,β-unsaturated/α-hetero) is 1. The van der Waals surface area contributed by atoms with Gasteiger partial charge in [0.15, 0.2) is 5.78 Å². The van der Waals surface area contributed by atoms with Crippen molar-refractivity contribution in [3.63, 3.8) is 0 Å². The van der Waals surface area contributed by atoms with Gasteiger partial charge in [0.05, 0.1) is 17.3 Å². The highest BCUT2D eigenvalue weighted by atomic mass is 16.6. The third-order valence-electron chi connectivity index (χ3n) is 14.5. The minimum absolute atomic E-state index is 0.00410. The van der Waals surface area contributed by atoms with Gasteiger partial charge in [-0.05, 0) is 137 Å². The van der Waals surface area contributed by atoms with E-state index in [-0.39, 0.29) is 63.7 Å². The van der Waals surface area contributed by atoms with Crippen molar-refractivity contribution < 1.29 is 28.7 Å². The van der Waals surface area contributed by atoms with Crippen molar-refractivity contribution in [3.8, 4) is 0 Å². The van der Waals surface area contributed by atoms with Crippen molar-refractivity contribution in [1.82, 2.24) is 0 Å². The number of carbonyl (C=O) groups excluding carboxylic acids is 4. The molecule has 258 valence electrons. The lowest BCUT2D eigenvalue weighted by molar-refractivity contribution is -0.233. The molecule has 6 nitrogen and oxygen atoms in total. The smallest absolute Gasteiger partial charge is 0.312 e. The van der Waals surface area contributed by atoms with Gasteiger partial charge in [-0.15, -0.1) is 0 Å². The second kappa shape index (κ2) is 11.0. The van der Waals surface area contributed by atoms with Crippen LogP contribution in [0.25, 0.3) is 0 Å². The van der Waals surface area contributed by atoms with Crippen molar-refractivity contribution in [2.45, 2.75) is 159 Å². The van der Waals surface area contributed by atoms with E-state index in [1.54, 1.807) is 13.8 Å². The van der Waals surface area contributed by atoms with Crippen LogP contribution in [0.2, 0.25) is 0 Å². The van der Waals surface area contributed by atoms with Gasteiger partial charge in [0.25, 0.3) is 0 Å². The van der Waals surface area contributed by atoms with Gasteiger partial charge in [0.2, 0.25) is 0 Å². The minimum Gasteiger partial charge on any atom is -0.462 e. The lowest BCUT2D eigenvalue weighted by Gasteiger charge is -2.72. The molecule has 6 heteroatoms. The topological polar surface area (TPSA) is 86.7 Å². The molecule has 0 bridgehead atoms. The SMILES string of the molecule is CC(C)C1=C2[C@H]3CC[C@@H]4[C@@]5(C)CC[C@H](OC(=O)CC(C)(C)C(=O)OC(C)(C)C)C(C)(C)[C@H]5CC[C@@]4(C)[C@]3(C)CCC2(C=O)CC1=O. The molecule has 0 radical (unpaired) electrons. The number of esters is 2. The number of hydrogen-bond donors (Lipinski definition) is 0. The van der Waals surface area contributed by atoms with Crippen LogP contribution in [0.15, 0.2) is 11.1 Å². The molecule has 0 N–H and O–H groups in total. The maximum Gasteiger partial charge on any atom is 0.312 e. The first kappa shape index (κ1) is 35.3. The first-order chi connectivity index (χ1) is 21.0. The van der Waals surface area contributed by atoms with Crippen LogP contribution in [-0.4, -0.2) is 35.7 Å². The Morgan fingerprint density at radius 1 is 0.870 bits per heavy atom. The Labute approximate surface area is 278 Å². The molecular weight excluding hydrogens is 576 g/mol. The standard InChI is InChI=1S/C40H62O6/c1-24(2)31-26(42)21-40(23-41)20-19-38(11)25(32(31)40)13-14-28-37(10)17-16-29(36(8,9)27(37)15-18-39(28,38)12)45-30(43)22-35(6,7)33(44)46-34(3,4)5/h23-25,27-29H,13-22H2,1-12H3/t25-,27-,28-,29+,37+,38-,39-,40?/m1/s1. The molecule has 4 fully saturated rings. The third-order valence-corrected chi connectivity index (χ3v) is 14.5. The van der Waals surface area contributed by atoms with Crippen molar-refractivity contribution in [3.05, 3.63) is 11.1 Å². The van der Waals surface area contributed by atoms with Crippen molar-refractivity contribution >= 4 is 24.0 Å². The van der Waals surface area contributed by atoms with Gasteiger partial charge < -0.3 is 14.3 Å². The van der Waals surface area contributed by atoms with Gasteiger partial charge in [0.1, 0.15) is 18.0 Å². The molecule has 0 aromatic carbocycles. The Morgan fingerprint density at radius 3 is 2.11 bits per heavy atom. The number of allylic oxidation sites excluding steroid dienone is 2. The van der Waals surface area contributed by atoms with E-state index < -0.39 is 16.4 Å². The molecule has 5 rings (SSSR count). The summed E-state index contributed by atoms with van der Waals surface area (Å²) in [6.07, 6.45) is 9.22. The average Bonchev–Trinajstić information content (AvgIpc) is 3.22. The zero-order chi connectivity index (χ0) is 34.5. The summed E-state index contributed by atoms with van der Waals surface area (Å²) in [6, 6.07) is 0. The van der Waals surface area contributed by atoms with Crippen LogP contribution in [0.1, 0.15) is 147 Å². The monoisotopic (exact) mass is 638 g/mol. The van der Waals surface area contributed by atoms with Crippen LogP contribution in [0.4, 0.5) is 0 Å². The molecule has 8 atom stereocenters. The van der Waals surface area contributed by atoms with E-state index in [1.807, 2.05) is 20.8 Å². The van der Waals surface area contributed by atoms with E-state index in [0.29, 0.717) is 18.3 Å². The van der Waals surface area contributed by atoms with Crippen molar-refractivity contribution in [1.29, 1.82) is 0 Å². The molecule has 0 saturated heterocycles. The summed E-state index contributed by atoms with van der Waals surface area (Å²) in [5.41, 5.74) is 0.0203. The Bertz CT molecular complexity index is 1330. The first-order valence-corrected chi connectivity index (χ1v) is 18.2. The molecule has 0 amide bonds. The molecule has 46 heavy (non-hydrogen) atoms. The number of ether oxygens (including phenoxy) is 2. The molecule has 0 aliphatic heterocycles. The van der Waals surface area contributed by atoms with E-state index in [2.05, 4.69) is 48.5 Å². The fourth-order valence-electron chi connectivity index (χ4n) is 12.0. The van der Waals surface area contributed by atoms with Gasteiger partial charge in [-0.1, -0.05) is 48.5 Å². The van der Waals surface area contributed by atoms with Crippen LogP contribution < -0.4 is 0 Å². The van der Waals surface area contributed by atoms with Crippen molar-refractivity contribution in [2.24, 2.45) is 56.2 Å². The van der Waals surface area contributed by atoms with Crippen LogP contribution in [0.5, 0.6) is 0 Å². The maximum atomic E-state index is 13.4. The molecule has 4 saturated carbocycles. The van der Waals surface area contributed by atoms with E-state index in [1.165, 1.54) is 5.57 Å². The van der Waals surface area contributed by atoms with Crippen LogP contribution in [-0.2, 0) is 28.7 Å². The lowest BCUT2D eigenvalue weighted by atomic mass is 9.33. The first-order valence-electron chi connectivity index (χ1n) is 18.2. The predicted molar refractivity (Wildman–Crippen MR) is 180 cm³/mol. The Balaban J connectivity index is 1.39. The third kappa shape index (κ3) is 5.16. The summed E-state index contributed by atoms with van der Waals surface area (Å²) >= 11 is 0. The summed E-state index contributed by atoms with van der Waals surface area (Å²) in [5, 5.41) is 0. The quantitative estimate of drug-likeness (QED) is 0.213. The van der Waals surface area contributed by atoms with Crippen molar-refractivity contribution in [2.75, 3.05) is 0 Å². The van der Waals surface area contributed by atoms with Gasteiger partial charge >= 0.3 is 11.9 Å². The number of rotatable bonds is 6. The van der Waals surface area contributed by atoms with Gasteiger partial charge in [-0.3, -0.25) is 14.4 Å². The highest BCUT2D eigenvalue weighted by molar-refractivity contribution is 6.03. The number of carbonyl (C=O) groups is 4. The van der Waals surface area contributed by atoms with Gasteiger partial charge in [-0.25, -0.2) is 0 Å². The second-order valence-electron chi connectivity index (χ2n) is 19.4. The van der Waals surface area contributed by atoms with Gasteiger partial charge in [0, 0.05) is 11.8 Å². The van der Waals surface area contributed by atoms with Crippen LogP contribution in [0, 0.1) is 56.2 Å². The van der Waals surface area contributed by atoms with Gasteiger partial charge in [-0.2, -0.15) is 0 Å². The van der Waals surface area contributed by atoms with E-state index in [9.17, 15) is 19.2 Å². The Kier molecular flexibility index (Phi) is 8.46. The summed E-state index contributed by atoms with van der Waals surface area (Å²) in [5.74, 6) is 0.829. The fraction of sp³-hybridized carbons (Fsp3) is 0.850. The summed E-state index contributed by atoms with van der Waals surface area (Å²) in [7, 11) is 0. The fourth-order valence-corrected chi connectivity index (χ4v) is 12.0. The van der Waals surface area contributed by atoms with E-state index in [0.717, 1.165) is 63.2 Å². The molecular formula is C40H62O6. The second-order valence-corrected chi connectivity index (χ2v) is 19.4. The highest BCUT2D eigenvalue weighted by Gasteiger charge is 2.70. The molecule has 0 heterocycles. The molecule has 5 aliphatic carbocycles. The maximum absolute atomic E-state index is 13.4. The highest BCUT2D eigenvalue weighted by Crippen LogP contribution is 2.76. The number of ketones is 1. The largest absolute Gasteiger partial charge is 0.462 e. The molecule has 0 aromatic heterocycles. The van der Waals surface area contributed by atoms with E-state index in [4.69, 9.17) is 9.47 Å². The average molecular weight is 639 g/mol. The molecule has 5 aliphatic rings. The summed E-state index contributed by atoms with van der Waals surface area (Å²) in [4.78, 5) is 52.4. The summed E-state index contributed by atoms with van der Waals surface area (Å²) in [6.45, 7) is 25.4. The zero-order valence-corrected chi connectivity index (χ0v) is 31.0. The number of fused-ring (bicyclic) bond motifs is 7. The predicted octanol–water partition coefficient (Wildman–Crippen LogP) is 8.84. The molecule has 0 spiro atoms. The number of hydrogen-bond acceptors (Lipinski definition) is 6.